The van der Waals surface area contributed by atoms with Crippen molar-refractivity contribution in [2.45, 2.75) is 50.8 Å². The maximum absolute atomic E-state index is 13.9. The van der Waals surface area contributed by atoms with Gasteiger partial charge in [-0.2, -0.15) is 13.2 Å². The summed E-state index contributed by atoms with van der Waals surface area (Å²) in [7, 11) is 0.977. The lowest BCUT2D eigenvalue weighted by Crippen LogP contribution is -2.38. The SMILES string of the molecule is COC(=O)C1=C(C(F)(F)F)NC(C)=C(C(=O)OCCCCCCNCC(O)COc2ccccc2)C1c1cccnc1. The molecule has 0 radical (unpaired) electrons. The quantitative estimate of drug-likeness (QED) is 0.207. The number of rotatable bonds is 15. The molecule has 2 heterocycles. The highest BCUT2D eigenvalue weighted by atomic mass is 19.4. The average Bonchev–Trinajstić information content (AvgIpc) is 2.98. The van der Waals surface area contributed by atoms with Gasteiger partial charge in [-0.15, -0.1) is 0 Å². The number of hydrogen-bond acceptors (Lipinski definition) is 9. The number of carbonyl (C=O) groups excluding carboxylic acids is 2. The third-order valence-electron chi connectivity index (χ3n) is 6.54. The molecule has 12 heteroatoms. The summed E-state index contributed by atoms with van der Waals surface area (Å²) in [6.45, 7) is 2.66. The van der Waals surface area contributed by atoms with Gasteiger partial charge in [0.1, 0.15) is 24.2 Å². The number of ether oxygens (including phenoxy) is 3. The Kier molecular flexibility index (Phi) is 12.4. The zero-order valence-electron chi connectivity index (χ0n) is 23.6. The summed E-state index contributed by atoms with van der Waals surface area (Å²) in [5, 5.41) is 15.4. The first-order valence-electron chi connectivity index (χ1n) is 13.6. The number of unbranched alkanes of at least 4 members (excludes halogenated alkanes) is 3. The molecule has 0 fully saturated rings. The maximum atomic E-state index is 13.9. The Morgan fingerprint density at radius 1 is 1.05 bits per heavy atom. The first-order chi connectivity index (χ1) is 20.1. The molecule has 0 saturated carbocycles. The van der Waals surface area contributed by atoms with E-state index in [9.17, 15) is 27.9 Å². The third-order valence-corrected chi connectivity index (χ3v) is 6.54. The Labute approximate surface area is 242 Å². The molecule has 0 bridgehead atoms. The predicted molar refractivity (Wildman–Crippen MR) is 148 cm³/mol. The highest BCUT2D eigenvalue weighted by Gasteiger charge is 2.47. The molecule has 3 N–H and O–H groups in total. The van der Waals surface area contributed by atoms with E-state index >= 15 is 0 Å². The van der Waals surface area contributed by atoms with Crippen LogP contribution in [0.5, 0.6) is 5.75 Å². The molecule has 42 heavy (non-hydrogen) atoms. The van der Waals surface area contributed by atoms with Gasteiger partial charge in [0, 0.05) is 24.6 Å². The van der Waals surface area contributed by atoms with Crippen LogP contribution in [-0.2, 0) is 19.1 Å². The maximum Gasteiger partial charge on any atom is 0.431 e. The second-order valence-corrected chi connectivity index (χ2v) is 9.69. The Hall–Kier alpha value is -3.90. The normalized spacial score (nSPS) is 16.1. The molecular weight excluding hydrogens is 555 g/mol. The summed E-state index contributed by atoms with van der Waals surface area (Å²) in [4.78, 5) is 29.7. The fraction of sp³-hybridized carbons (Fsp3) is 0.433. The number of alkyl halides is 3. The molecule has 1 aliphatic rings. The number of pyridine rings is 1. The number of esters is 2. The highest BCUT2D eigenvalue weighted by Crippen LogP contribution is 2.43. The predicted octanol–water partition coefficient (Wildman–Crippen LogP) is 4.16. The van der Waals surface area contributed by atoms with Gasteiger partial charge in [0.15, 0.2) is 0 Å². The number of aliphatic hydroxyl groups excluding tert-OH is 1. The zero-order valence-corrected chi connectivity index (χ0v) is 23.6. The number of halogens is 3. The monoisotopic (exact) mass is 591 g/mol. The van der Waals surface area contributed by atoms with Crippen molar-refractivity contribution in [2.24, 2.45) is 0 Å². The minimum absolute atomic E-state index is 0.0573. The number of nitrogens with one attached hydrogen (secondary N) is 2. The van der Waals surface area contributed by atoms with E-state index in [4.69, 9.17) is 9.47 Å². The standard InChI is InChI=1S/C30H36F3N3O6/c1-20-24(25(21-11-10-15-34-17-21)26(28(38)40-2)27(36-20)30(31,32)33)29(39)41-16-9-4-3-8-14-35-18-22(37)19-42-23-12-6-5-7-13-23/h5-7,10-13,15,17,22,25,35-37H,3-4,8-9,14,16,18-19H2,1-2H3. The van der Waals surface area contributed by atoms with Crippen LogP contribution in [0.1, 0.15) is 44.1 Å². The average molecular weight is 592 g/mol. The molecule has 2 atom stereocenters. The van der Waals surface area contributed by atoms with E-state index in [0.29, 0.717) is 25.3 Å². The van der Waals surface area contributed by atoms with Crippen molar-refractivity contribution in [2.75, 3.05) is 33.4 Å². The van der Waals surface area contributed by atoms with Crippen molar-refractivity contribution in [1.29, 1.82) is 0 Å². The number of hydrogen-bond donors (Lipinski definition) is 3. The van der Waals surface area contributed by atoms with Crippen LogP contribution in [0.25, 0.3) is 0 Å². The molecule has 1 aromatic heterocycles. The molecule has 1 aromatic carbocycles. The van der Waals surface area contributed by atoms with Gasteiger partial charge in [-0.25, -0.2) is 9.59 Å². The van der Waals surface area contributed by atoms with Crippen LogP contribution in [0.4, 0.5) is 13.2 Å². The van der Waals surface area contributed by atoms with Crippen LogP contribution >= 0.6 is 0 Å². The Morgan fingerprint density at radius 2 is 1.79 bits per heavy atom. The number of allylic oxidation sites excluding steroid dienone is 2. The van der Waals surface area contributed by atoms with Gasteiger partial charge < -0.3 is 30.0 Å². The van der Waals surface area contributed by atoms with Gasteiger partial charge in [0.05, 0.1) is 30.8 Å². The molecule has 1 aliphatic heterocycles. The summed E-state index contributed by atoms with van der Waals surface area (Å²) >= 11 is 0. The van der Waals surface area contributed by atoms with Crippen molar-refractivity contribution in [1.82, 2.24) is 15.6 Å². The second-order valence-electron chi connectivity index (χ2n) is 9.69. The molecular formula is C30H36F3N3O6. The molecule has 0 aliphatic carbocycles. The van der Waals surface area contributed by atoms with Crippen molar-refractivity contribution in [3.8, 4) is 5.75 Å². The molecule has 0 saturated heterocycles. The summed E-state index contributed by atoms with van der Waals surface area (Å²) in [5.41, 5.74) is -2.00. The molecule has 9 nitrogen and oxygen atoms in total. The first-order valence-corrected chi connectivity index (χ1v) is 13.6. The number of methoxy groups -OCH3 is 1. The minimum Gasteiger partial charge on any atom is -0.491 e. The fourth-order valence-corrected chi connectivity index (χ4v) is 4.52. The lowest BCUT2D eigenvalue weighted by atomic mass is 9.80. The van der Waals surface area contributed by atoms with E-state index in [1.54, 1.807) is 0 Å². The zero-order chi connectivity index (χ0) is 30.5. The topological polar surface area (TPSA) is 119 Å². The smallest absolute Gasteiger partial charge is 0.431 e. The van der Waals surface area contributed by atoms with Crippen molar-refractivity contribution in [3.05, 3.63) is 83.0 Å². The largest absolute Gasteiger partial charge is 0.491 e. The van der Waals surface area contributed by atoms with Gasteiger partial charge >= 0.3 is 18.1 Å². The van der Waals surface area contributed by atoms with Gasteiger partial charge in [-0.1, -0.05) is 37.1 Å². The highest BCUT2D eigenvalue weighted by molar-refractivity contribution is 6.00. The Morgan fingerprint density at radius 3 is 2.45 bits per heavy atom. The number of aliphatic hydroxyl groups is 1. The van der Waals surface area contributed by atoms with Crippen LogP contribution in [-0.4, -0.2) is 67.7 Å². The second kappa shape index (κ2) is 15.9. The third kappa shape index (κ3) is 9.31. The summed E-state index contributed by atoms with van der Waals surface area (Å²) in [6.07, 6.45) is 0.169. The van der Waals surface area contributed by atoms with Crippen LogP contribution < -0.4 is 15.4 Å². The number of benzene rings is 1. The minimum atomic E-state index is -4.90. The summed E-state index contributed by atoms with van der Waals surface area (Å²) in [5.74, 6) is -2.73. The van der Waals surface area contributed by atoms with Crippen LogP contribution in [0, 0.1) is 0 Å². The number of aromatic nitrogens is 1. The summed E-state index contributed by atoms with van der Waals surface area (Å²) < 4.78 is 57.4. The van der Waals surface area contributed by atoms with E-state index in [-0.39, 0.29) is 30.0 Å². The van der Waals surface area contributed by atoms with E-state index in [0.717, 1.165) is 26.4 Å². The molecule has 0 spiro atoms. The van der Waals surface area contributed by atoms with Gasteiger partial charge in [0.2, 0.25) is 0 Å². The molecule has 228 valence electrons. The van der Waals surface area contributed by atoms with Gasteiger partial charge in [-0.3, -0.25) is 4.98 Å². The first kappa shape index (κ1) is 32.6. The van der Waals surface area contributed by atoms with E-state index in [1.165, 1.54) is 31.5 Å². The van der Waals surface area contributed by atoms with E-state index < -0.39 is 41.4 Å². The Bertz CT molecular complexity index is 1240. The Balaban J connectivity index is 1.47. The summed E-state index contributed by atoms with van der Waals surface area (Å²) in [6, 6.07) is 12.2. The number of nitrogens with zero attached hydrogens (tertiary/aromatic N) is 1. The lowest BCUT2D eigenvalue weighted by molar-refractivity contribution is -0.140. The lowest BCUT2D eigenvalue weighted by Gasteiger charge is -2.31. The number of carbonyl (C=O) groups is 2. The van der Waals surface area contributed by atoms with E-state index in [2.05, 4.69) is 20.4 Å². The fourth-order valence-electron chi connectivity index (χ4n) is 4.52. The molecule has 2 unspecified atom stereocenters. The van der Waals surface area contributed by atoms with Crippen molar-refractivity contribution in [3.63, 3.8) is 0 Å². The molecule has 3 rings (SSSR count). The number of para-hydroxylation sites is 1. The van der Waals surface area contributed by atoms with Crippen LogP contribution in [0.15, 0.2) is 77.4 Å². The van der Waals surface area contributed by atoms with Gasteiger partial charge in [0.25, 0.3) is 0 Å². The van der Waals surface area contributed by atoms with E-state index in [1.807, 2.05) is 30.3 Å². The molecule has 2 aromatic rings. The van der Waals surface area contributed by atoms with Crippen LogP contribution in [0.3, 0.4) is 0 Å². The number of dihydropyridines is 1. The van der Waals surface area contributed by atoms with Gasteiger partial charge in [-0.05, 0) is 50.1 Å². The van der Waals surface area contributed by atoms with Crippen molar-refractivity contribution >= 4 is 11.9 Å². The molecule has 0 amide bonds. The van der Waals surface area contributed by atoms with Crippen LogP contribution in [0.2, 0.25) is 0 Å². The van der Waals surface area contributed by atoms with Crippen molar-refractivity contribution < 1.29 is 42.1 Å².